The molecule has 0 bridgehead atoms. The van der Waals surface area contributed by atoms with Crippen LogP contribution in [-0.2, 0) is 13.1 Å². The van der Waals surface area contributed by atoms with E-state index in [0.29, 0.717) is 19.0 Å². The summed E-state index contributed by atoms with van der Waals surface area (Å²) in [6, 6.07) is 14.1. The fourth-order valence-corrected chi connectivity index (χ4v) is 2.28. The number of nitrogens with zero attached hydrogens (tertiary/aromatic N) is 2. The largest absolute Gasteiger partial charge is 0.478 e. The Morgan fingerprint density at radius 1 is 1.05 bits per heavy atom. The Balaban J connectivity index is 2.21. The molecule has 1 aromatic carbocycles. The lowest BCUT2D eigenvalue weighted by atomic mass is 10.1. The van der Waals surface area contributed by atoms with Gasteiger partial charge in [-0.15, -0.1) is 0 Å². The molecule has 1 aromatic heterocycles. The van der Waals surface area contributed by atoms with Crippen molar-refractivity contribution in [1.82, 2.24) is 4.98 Å². The van der Waals surface area contributed by atoms with Crippen LogP contribution in [0.15, 0.2) is 42.5 Å². The molecule has 0 atom stereocenters. The molecule has 4 heteroatoms. The van der Waals surface area contributed by atoms with E-state index in [9.17, 15) is 0 Å². The summed E-state index contributed by atoms with van der Waals surface area (Å²) in [6.45, 7) is 6.94. The van der Waals surface area contributed by atoms with Gasteiger partial charge in [0, 0.05) is 25.7 Å². The average Bonchev–Trinajstić information content (AvgIpc) is 2.53. The van der Waals surface area contributed by atoms with Gasteiger partial charge < -0.3 is 15.4 Å². The second-order valence-corrected chi connectivity index (χ2v) is 4.75. The summed E-state index contributed by atoms with van der Waals surface area (Å²) < 4.78 is 5.48. The van der Waals surface area contributed by atoms with Crippen LogP contribution in [0.25, 0.3) is 0 Å². The third-order valence-corrected chi connectivity index (χ3v) is 3.41. The monoisotopic (exact) mass is 285 g/mol. The molecule has 0 unspecified atom stereocenters. The molecule has 0 spiro atoms. The van der Waals surface area contributed by atoms with Gasteiger partial charge in [-0.3, -0.25) is 0 Å². The smallest absolute Gasteiger partial charge is 0.215 e. The molecule has 2 aromatic rings. The molecule has 4 nitrogen and oxygen atoms in total. The van der Waals surface area contributed by atoms with Crippen molar-refractivity contribution in [2.45, 2.75) is 26.9 Å². The van der Waals surface area contributed by atoms with Crippen LogP contribution < -0.4 is 15.4 Å². The van der Waals surface area contributed by atoms with Crippen LogP contribution in [0.1, 0.15) is 25.0 Å². The highest BCUT2D eigenvalue weighted by Crippen LogP contribution is 2.19. The summed E-state index contributed by atoms with van der Waals surface area (Å²) >= 11 is 0. The third kappa shape index (κ3) is 3.95. The molecule has 2 rings (SSSR count). The summed E-state index contributed by atoms with van der Waals surface area (Å²) in [5.41, 5.74) is 8.23. The lowest BCUT2D eigenvalue weighted by Gasteiger charge is -2.23. The molecular weight excluding hydrogens is 262 g/mol. The van der Waals surface area contributed by atoms with Crippen LogP contribution in [0.5, 0.6) is 5.88 Å². The van der Waals surface area contributed by atoms with Crippen molar-refractivity contribution in [2.75, 3.05) is 18.1 Å². The van der Waals surface area contributed by atoms with E-state index >= 15 is 0 Å². The molecule has 0 fully saturated rings. The molecule has 0 aliphatic rings. The van der Waals surface area contributed by atoms with Crippen LogP contribution in [0, 0.1) is 0 Å². The number of rotatable bonds is 7. The normalized spacial score (nSPS) is 10.4. The van der Waals surface area contributed by atoms with E-state index in [1.165, 1.54) is 11.1 Å². The van der Waals surface area contributed by atoms with Crippen molar-refractivity contribution in [1.29, 1.82) is 0 Å². The zero-order valence-electron chi connectivity index (χ0n) is 12.7. The Morgan fingerprint density at radius 2 is 1.81 bits per heavy atom. The van der Waals surface area contributed by atoms with Crippen molar-refractivity contribution in [3.8, 4) is 5.88 Å². The zero-order chi connectivity index (χ0) is 15.1. The maximum absolute atomic E-state index is 5.82. The second-order valence-electron chi connectivity index (χ2n) is 4.75. The van der Waals surface area contributed by atoms with E-state index in [1.54, 1.807) is 0 Å². The number of hydrogen-bond donors (Lipinski definition) is 1. The van der Waals surface area contributed by atoms with Crippen molar-refractivity contribution < 1.29 is 4.74 Å². The summed E-state index contributed by atoms with van der Waals surface area (Å²) in [5.74, 6) is 1.59. The van der Waals surface area contributed by atoms with Gasteiger partial charge >= 0.3 is 0 Å². The van der Waals surface area contributed by atoms with Crippen LogP contribution >= 0.6 is 0 Å². The number of benzene rings is 1. The summed E-state index contributed by atoms with van der Waals surface area (Å²) in [7, 11) is 0. The topological polar surface area (TPSA) is 51.4 Å². The summed E-state index contributed by atoms with van der Waals surface area (Å²) in [5, 5.41) is 0. The summed E-state index contributed by atoms with van der Waals surface area (Å²) in [4.78, 5) is 6.78. The Kier molecular flexibility index (Phi) is 5.58. The van der Waals surface area contributed by atoms with Gasteiger partial charge in [0.1, 0.15) is 5.82 Å². The molecule has 21 heavy (non-hydrogen) atoms. The molecular formula is C17H23N3O. The molecule has 1 heterocycles. The van der Waals surface area contributed by atoms with E-state index in [0.717, 1.165) is 18.9 Å². The first kappa shape index (κ1) is 15.3. The lowest BCUT2D eigenvalue weighted by Crippen LogP contribution is -2.24. The molecule has 0 radical (unpaired) electrons. The Morgan fingerprint density at radius 3 is 2.48 bits per heavy atom. The minimum absolute atomic E-state index is 0.556. The van der Waals surface area contributed by atoms with Gasteiger partial charge in [0.15, 0.2) is 0 Å². The fraction of sp³-hybridized carbons (Fsp3) is 0.353. The minimum atomic E-state index is 0.556. The highest BCUT2D eigenvalue weighted by atomic mass is 16.5. The quantitative estimate of drug-likeness (QED) is 0.849. The van der Waals surface area contributed by atoms with Gasteiger partial charge in [0.2, 0.25) is 5.88 Å². The lowest BCUT2D eigenvalue weighted by molar-refractivity contribution is 0.327. The molecule has 0 amide bonds. The van der Waals surface area contributed by atoms with Crippen molar-refractivity contribution >= 4 is 5.82 Å². The Bertz CT molecular complexity index is 571. The number of anilines is 1. The standard InChI is InChI=1S/C17H23N3O/c1-3-20(13-15-9-6-5-8-14(15)12-18)16-10-7-11-17(19-16)21-4-2/h5-11H,3-4,12-13,18H2,1-2H3. The first-order valence-corrected chi connectivity index (χ1v) is 7.40. The first-order valence-electron chi connectivity index (χ1n) is 7.40. The van der Waals surface area contributed by atoms with Gasteiger partial charge in [-0.05, 0) is 31.0 Å². The highest BCUT2D eigenvalue weighted by molar-refractivity contribution is 5.42. The second kappa shape index (κ2) is 7.64. The van der Waals surface area contributed by atoms with Gasteiger partial charge in [0.25, 0.3) is 0 Å². The van der Waals surface area contributed by atoms with Gasteiger partial charge in [0.05, 0.1) is 6.61 Å². The predicted octanol–water partition coefficient (Wildman–Crippen LogP) is 2.97. The van der Waals surface area contributed by atoms with E-state index in [1.807, 2.05) is 37.3 Å². The number of hydrogen-bond acceptors (Lipinski definition) is 4. The van der Waals surface area contributed by atoms with Gasteiger partial charge in [-0.2, -0.15) is 4.98 Å². The van der Waals surface area contributed by atoms with Crippen LogP contribution in [0.2, 0.25) is 0 Å². The zero-order valence-corrected chi connectivity index (χ0v) is 12.7. The predicted molar refractivity (Wildman–Crippen MR) is 86.5 cm³/mol. The number of aromatic nitrogens is 1. The fourth-order valence-electron chi connectivity index (χ4n) is 2.28. The van der Waals surface area contributed by atoms with E-state index in [4.69, 9.17) is 10.5 Å². The first-order chi connectivity index (χ1) is 10.3. The molecule has 0 saturated carbocycles. The van der Waals surface area contributed by atoms with Gasteiger partial charge in [-0.25, -0.2) is 0 Å². The molecule has 2 N–H and O–H groups in total. The highest BCUT2D eigenvalue weighted by Gasteiger charge is 2.10. The van der Waals surface area contributed by atoms with Crippen molar-refractivity contribution in [3.63, 3.8) is 0 Å². The Labute approximate surface area is 126 Å². The third-order valence-electron chi connectivity index (χ3n) is 3.41. The number of nitrogens with two attached hydrogens (primary N) is 1. The van der Waals surface area contributed by atoms with E-state index in [2.05, 4.69) is 28.9 Å². The van der Waals surface area contributed by atoms with E-state index in [-0.39, 0.29) is 0 Å². The SMILES string of the molecule is CCOc1cccc(N(CC)Cc2ccccc2CN)n1. The minimum Gasteiger partial charge on any atom is -0.478 e. The van der Waals surface area contributed by atoms with E-state index < -0.39 is 0 Å². The van der Waals surface area contributed by atoms with Crippen LogP contribution in [0.4, 0.5) is 5.82 Å². The van der Waals surface area contributed by atoms with Crippen molar-refractivity contribution in [3.05, 3.63) is 53.6 Å². The van der Waals surface area contributed by atoms with Crippen molar-refractivity contribution in [2.24, 2.45) is 5.73 Å². The Hall–Kier alpha value is -2.07. The number of ether oxygens (including phenoxy) is 1. The molecule has 112 valence electrons. The molecule has 0 saturated heterocycles. The maximum Gasteiger partial charge on any atom is 0.215 e. The molecule has 0 aliphatic carbocycles. The van der Waals surface area contributed by atoms with Crippen LogP contribution in [-0.4, -0.2) is 18.1 Å². The number of pyridine rings is 1. The maximum atomic E-state index is 5.82. The van der Waals surface area contributed by atoms with Gasteiger partial charge in [-0.1, -0.05) is 30.3 Å². The summed E-state index contributed by atoms with van der Waals surface area (Å²) in [6.07, 6.45) is 0. The average molecular weight is 285 g/mol. The molecule has 0 aliphatic heterocycles. The van der Waals surface area contributed by atoms with Crippen LogP contribution in [0.3, 0.4) is 0 Å².